The molecule has 0 saturated heterocycles. The van der Waals surface area contributed by atoms with Crippen LogP contribution in [-0.2, 0) is 0 Å². The lowest BCUT2D eigenvalue weighted by molar-refractivity contribution is 0.441. The number of rotatable bonds is 2. The zero-order valence-corrected chi connectivity index (χ0v) is 10.7. The number of aromatic nitrogens is 4. The van der Waals surface area contributed by atoms with Crippen molar-refractivity contribution in [3.05, 3.63) is 47.8 Å². The quantitative estimate of drug-likeness (QED) is 0.434. The van der Waals surface area contributed by atoms with E-state index in [1.165, 1.54) is 0 Å². The minimum absolute atomic E-state index is 0.0846. The van der Waals surface area contributed by atoms with Gasteiger partial charge in [0.05, 0.1) is 17.5 Å². The maximum atomic E-state index is 11.6. The summed E-state index contributed by atoms with van der Waals surface area (Å²) in [6.45, 7) is 0. The fourth-order valence-corrected chi connectivity index (χ4v) is 1.68. The highest BCUT2D eigenvalue weighted by Gasteiger charge is 2.16. The average Bonchev–Trinajstić information content (AvgIpc) is 2.25. The van der Waals surface area contributed by atoms with Crippen molar-refractivity contribution in [2.75, 3.05) is 0 Å². The van der Waals surface area contributed by atoms with Crippen molar-refractivity contribution in [1.29, 1.82) is 0 Å². The smallest absolute Gasteiger partial charge is 0.259 e. The monoisotopic (exact) mass is 298 g/mol. The normalized spacial score (nSPS) is 10.5. The number of hydrogen-bond acceptors (Lipinski definition) is 6. The molecule has 2 aromatic heterocycles. The summed E-state index contributed by atoms with van der Waals surface area (Å²) in [6, 6.07) is 0. The third-order valence-electron chi connectivity index (χ3n) is 2.10. The summed E-state index contributed by atoms with van der Waals surface area (Å²) in [6.07, 6.45) is 2.29. The van der Waals surface area contributed by atoms with Gasteiger partial charge in [-0.15, -0.1) is 0 Å². The molecule has 0 fully saturated rings. The lowest BCUT2D eigenvalue weighted by Gasteiger charge is -2.03. The first-order valence-electron chi connectivity index (χ1n) is 4.76. The minimum Gasteiger partial charge on any atom is -0.494 e. The molecule has 0 spiro atoms. The second-order valence-corrected chi connectivity index (χ2v) is 4.21. The Kier molecular flexibility index (Phi) is 3.36. The molecular formula is C9H6N4O4S2. The Balaban J connectivity index is 2.61. The molecule has 0 bridgehead atoms. The Morgan fingerprint density at radius 1 is 0.789 bits per heavy atom. The van der Waals surface area contributed by atoms with Crippen LogP contribution in [0.3, 0.4) is 0 Å². The second kappa shape index (κ2) is 4.82. The lowest BCUT2D eigenvalue weighted by atomic mass is 10.1. The predicted molar refractivity (Wildman–Crippen MR) is 69.3 cm³/mol. The molecule has 6 N–H and O–H groups in total. The maximum absolute atomic E-state index is 11.6. The van der Waals surface area contributed by atoms with Crippen LogP contribution in [0.15, 0.2) is 9.59 Å². The molecule has 0 saturated carbocycles. The summed E-state index contributed by atoms with van der Waals surface area (Å²) in [7, 11) is 0. The largest absolute Gasteiger partial charge is 0.494 e. The van der Waals surface area contributed by atoms with Crippen molar-refractivity contribution in [3.8, 4) is 11.8 Å². The van der Waals surface area contributed by atoms with Gasteiger partial charge in [0.15, 0.2) is 21.3 Å². The van der Waals surface area contributed by atoms with E-state index in [0.29, 0.717) is 0 Å². The standard InChI is InChI=1S/C9H6N4O4S2/c14-4-2(5(15)11-8(18)10-4)1-3-6(16)12-9(19)13-7(3)17/h(H3,10,11,14,15,18)(H3,12,13,16,17,19). The van der Waals surface area contributed by atoms with Crippen LogP contribution in [0.25, 0.3) is 0 Å². The van der Waals surface area contributed by atoms with Crippen LogP contribution in [0.4, 0.5) is 0 Å². The lowest BCUT2D eigenvalue weighted by Crippen LogP contribution is -2.18. The van der Waals surface area contributed by atoms with E-state index in [9.17, 15) is 19.8 Å². The highest BCUT2D eigenvalue weighted by atomic mass is 32.1. The Labute approximate surface area is 114 Å². The van der Waals surface area contributed by atoms with Crippen LogP contribution < -0.4 is 11.1 Å². The van der Waals surface area contributed by atoms with Gasteiger partial charge in [-0.1, -0.05) is 0 Å². The second-order valence-electron chi connectivity index (χ2n) is 3.39. The topological polar surface area (TPSA) is 138 Å². The highest BCUT2D eigenvalue weighted by Crippen LogP contribution is 2.17. The van der Waals surface area contributed by atoms with E-state index in [0.717, 1.165) is 0 Å². The van der Waals surface area contributed by atoms with Crippen LogP contribution in [0.5, 0.6) is 11.8 Å². The molecule has 0 aromatic carbocycles. The summed E-state index contributed by atoms with van der Waals surface area (Å²) >= 11 is 9.29. The van der Waals surface area contributed by atoms with Gasteiger partial charge in [0.2, 0.25) is 0 Å². The maximum Gasteiger partial charge on any atom is 0.259 e. The van der Waals surface area contributed by atoms with Crippen LogP contribution >= 0.6 is 24.4 Å². The van der Waals surface area contributed by atoms with Gasteiger partial charge in [-0.3, -0.25) is 19.6 Å². The molecule has 0 amide bonds. The molecule has 0 aliphatic heterocycles. The van der Waals surface area contributed by atoms with Gasteiger partial charge in [-0.25, -0.2) is 0 Å². The van der Waals surface area contributed by atoms with Gasteiger partial charge in [0.1, 0.15) is 0 Å². The molecular weight excluding hydrogens is 292 g/mol. The van der Waals surface area contributed by atoms with E-state index in [2.05, 4.69) is 50.8 Å². The van der Waals surface area contributed by atoms with E-state index >= 15 is 0 Å². The van der Waals surface area contributed by atoms with Gasteiger partial charge in [0.25, 0.3) is 11.1 Å². The Bertz CT molecular complexity index is 788. The van der Waals surface area contributed by atoms with Crippen LogP contribution in [0.1, 0.15) is 11.1 Å². The van der Waals surface area contributed by atoms with Crippen molar-refractivity contribution in [2.24, 2.45) is 0 Å². The molecule has 0 aliphatic rings. The molecule has 10 heteroatoms. The highest BCUT2D eigenvalue weighted by molar-refractivity contribution is 7.71. The van der Waals surface area contributed by atoms with Gasteiger partial charge >= 0.3 is 0 Å². The summed E-state index contributed by atoms with van der Waals surface area (Å²) in [4.78, 5) is 32.1. The first-order chi connectivity index (χ1) is 8.88. The molecule has 19 heavy (non-hydrogen) atoms. The Morgan fingerprint density at radius 2 is 1.16 bits per heavy atom. The fourth-order valence-electron chi connectivity index (χ4n) is 1.31. The molecule has 0 atom stereocenters. The van der Waals surface area contributed by atoms with Gasteiger partial charge < -0.3 is 20.2 Å². The van der Waals surface area contributed by atoms with E-state index in [4.69, 9.17) is 0 Å². The summed E-state index contributed by atoms with van der Waals surface area (Å²) in [5.41, 5.74) is -2.27. The average molecular weight is 298 g/mol. The summed E-state index contributed by atoms with van der Waals surface area (Å²) in [5.74, 6) is -1.15. The third-order valence-corrected chi connectivity index (χ3v) is 2.50. The fraction of sp³-hybridized carbons (Fsp3) is 0. The van der Waals surface area contributed by atoms with Gasteiger partial charge in [0, 0.05) is 0 Å². The van der Waals surface area contributed by atoms with Crippen molar-refractivity contribution < 1.29 is 10.2 Å². The summed E-state index contributed by atoms with van der Waals surface area (Å²) in [5, 5.41) is 19.1. The molecule has 2 heterocycles. The molecule has 0 aliphatic carbocycles. The zero-order valence-electron chi connectivity index (χ0n) is 9.03. The van der Waals surface area contributed by atoms with Crippen molar-refractivity contribution in [2.45, 2.75) is 0 Å². The SMILES string of the molecule is O=c1[nH]c(=S)[nH]c(O)c1[C]c1c(O)[nH]c(=S)[nH]c1=O. The number of H-pyrrole nitrogens is 4. The number of hydrogen-bond donors (Lipinski definition) is 6. The minimum atomic E-state index is -0.762. The van der Waals surface area contributed by atoms with Gasteiger partial charge in [-0.05, 0) is 24.4 Å². The molecule has 8 nitrogen and oxygen atoms in total. The van der Waals surface area contributed by atoms with Crippen LogP contribution in [0, 0.1) is 16.0 Å². The Morgan fingerprint density at radius 3 is 1.47 bits per heavy atom. The third kappa shape index (κ3) is 2.63. The predicted octanol–water partition coefficient (Wildman–Crippen LogP) is 0.0673. The van der Waals surface area contributed by atoms with Crippen LogP contribution in [0.2, 0.25) is 0 Å². The van der Waals surface area contributed by atoms with E-state index in [1.807, 2.05) is 0 Å². The molecule has 2 rings (SSSR count). The molecule has 2 radical (unpaired) electrons. The summed E-state index contributed by atoms with van der Waals surface area (Å²) < 4.78 is -0.169. The molecule has 98 valence electrons. The van der Waals surface area contributed by atoms with Crippen LogP contribution in [-0.4, -0.2) is 30.1 Å². The Hall–Kier alpha value is -2.20. The van der Waals surface area contributed by atoms with Crippen molar-refractivity contribution >= 4 is 24.4 Å². The van der Waals surface area contributed by atoms with Crippen molar-refractivity contribution in [3.63, 3.8) is 0 Å². The first-order valence-corrected chi connectivity index (χ1v) is 5.58. The molecule has 2 aromatic rings. The van der Waals surface area contributed by atoms with Gasteiger partial charge in [-0.2, -0.15) is 0 Å². The number of nitrogens with one attached hydrogen (secondary N) is 4. The first kappa shape index (κ1) is 13.2. The number of aromatic hydroxyl groups is 2. The van der Waals surface area contributed by atoms with E-state index in [-0.39, 0.29) is 20.7 Å². The number of aromatic amines is 4. The van der Waals surface area contributed by atoms with E-state index in [1.54, 1.807) is 0 Å². The van der Waals surface area contributed by atoms with Crippen molar-refractivity contribution in [1.82, 2.24) is 19.9 Å². The molecule has 0 unspecified atom stereocenters. The van der Waals surface area contributed by atoms with E-state index < -0.39 is 22.9 Å². The zero-order chi connectivity index (χ0) is 14.2.